The molecule has 2 heterocycles. The summed E-state index contributed by atoms with van der Waals surface area (Å²) in [6.45, 7) is 3.42. The Balaban J connectivity index is 1.24. The van der Waals surface area contributed by atoms with E-state index >= 15 is 0 Å². The van der Waals surface area contributed by atoms with Crippen LogP contribution in [-0.4, -0.2) is 60.7 Å². The lowest BCUT2D eigenvalue weighted by molar-refractivity contribution is -0.135. The molecule has 1 amide bonds. The van der Waals surface area contributed by atoms with Crippen LogP contribution in [0.25, 0.3) is 22.3 Å². The van der Waals surface area contributed by atoms with Gasteiger partial charge in [-0.25, -0.2) is 0 Å². The molecule has 5 rings (SSSR count). The zero-order valence-electron chi connectivity index (χ0n) is 20.9. The molecule has 1 aromatic heterocycles. The van der Waals surface area contributed by atoms with Crippen LogP contribution in [0.2, 0.25) is 5.02 Å². The van der Waals surface area contributed by atoms with Crippen LogP contribution in [0.1, 0.15) is 5.56 Å². The fourth-order valence-corrected chi connectivity index (χ4v) is 4.64. The van der Waals surface area contributed by atoms with Gasteiger partial charge in [-0.3, -0.25) is 14.5 Å². The molecule has 9 heteroatoms. The number of fused-ring (bicyclic) bond motifs is 1. The highest BCUT2D eigenvalue weighted by Gasteiger charge is 2.22. The molecule has 0 saturated carbocycles. The Morgan fingerprint density at radius 2 is 1.76 bits per heavy atom. The summed E-state index contributed by atoms with van der Waals surface area (Å²) >= 11 is 5.97. The van der Waals surface area contributed by atoms with Crippen molar-refractivity contribution in [3.63, 3.8) is 0 Å². The molecule has 1 aliphatic rings. The van der Waals surface area contributed by atoms with Crippen LogP contribution in [0.3, 0.4) is 0 Å². The molecular weight excluding hydrogens is 508 g/mol. The predicted octanol–water partition coefficient (Wildman–Crippen LogP) is 4.55. The van der Waals surface area contributed by atoms with Crippen molar-refractivity contribution < 1.29 is 23.8 Å². The van der Waals surface area contributed by atoms with E-state index in [-0.39, 0.29) is 34.7 Å². The topological polar surface area (TPSA) is 92.4 Å². The van der Waals surface area contributed by atoms with Gasteiger partial charge in [0.15, 0.2) is 23.5 Å². The zero-order valence-corrected chi connectivity index (χ0v) is 21.6. The molecule has 3 aromatic carbocycles. The van der Waals surface area contributed by atoms with E-state index in [1.165, 1.54) is 24.8 Å². The summed E-state index contributed by atoms with van der Waals surface area (Å²) in [6, 6.07) is 18.9. The molecule has 0 aliphatic carbocycles. The van der Waals surface area contributed by atoms with Gasteiger partial charge < -0.3 is 23.9 Å². The van der Waals surface area contributed by atoms with Crippen LogP contribution in [0.15, 0.2) is 75.9 Å². The quantitative estimate of drug-likeness (QED) is 0.372. The highest BCUT2D eigenvalue weighted by molar-refractivity contribution is 6.30. The molecule has 4 aromatic rings. The van der Waals surface area contributed by atoms with Gasteiger partial charge in [-0.1, -0.05) is 29.8 Å². The molecular formula is C29H27ClN2O6. The number of ether oxygens (including phenoxy) is 2. The van der Waals surface area contributed by atoms with Gasteiger partial charge in [-0.05, 0) is 48.0 Å². The summed E-state index contributed by atoms with van der Waals surface area (Å²) in [5.74, 6) is 0.874. The second kappa shape index (κ2) is 11.2. The average Bonchev–Trinajstić information content (AvgIpc) is 2.93. The second-order valence-electron chi connectivity index (χ2n) is 9.06. The monoisotopic (exact) mass is 534 g/mol. The van der Waals surface area contributed by atoms with Crippen LogP contribution in [0, 0.1) is 0 Å². The van der Waals surface area contributed by atoms with Crippen LogP contribution in [-0.2, 0) is 11.3 Å². The third kappa shape index (κ3) is 5.61. The second-order valence-corrected chi connectivity index (χ2v) is 9.50. The molecule has 0 radical (unpaired) electrons. The number of rotatable bonds is 7. The number of benzene rings is 3. The molecule has 1 saturated heterocycles. The Kier molecular flexibility index (Phi) is 7.53. The first-order valence-corrected chi connectivity index (χ1v) is 12.6. The number of hydrogen-bond acceptors (Lipinski definition) is 7. The Labute approximate surface area is 224 Å². The van der Waals surface area contributed by atoms with Crippen LogP contribution in [0.4, 0.5) is 0 Å². The summed E-state index contributed by atoms with van der Waals surface area (Å²) < 4.78 is 17.2. The number of carbonyl (C=O) groups is 1. The molecule has 1 N–H and O–H groups in total. The van der Waals surface area contributed by atoms with Crippen LogP contribution in [0.5, 0.6) is 17.2 Å². The fourth-order valence-electron chi connectivity index (χ4n) is 4.51. The molecule has 0 bridgehead atoms. The number of halogens is 1. The van der Waals surface area contributed by atoms with Gasteiger partial charge >= 0.3 is 0 Å². The largest absolute Gasteiger partial charge is 0.507 e. The summed E-state index contributed by atoms with van der Waals surface area (Å²) in [6.07, 6.45) is 0. The van der Waals surface area contributed by atoms with Crippen LogP contribution >= 0.6 is 11.6 Å². The lowest BCUT2D eigenvalue weighted by atomic mass is 10.1. The van der Waals surface area contributed by atoms with Gasteiger partial charge in [0.1, 0.15) is 22.5 Å². The summed E-state index contributed by atoms with van der Waals surface area (Å²) in [5, 5.41) is 10.8. The van der Waals surface area contributed by atoms with Gasteiger partial charge in [0, 0.05) is 49.4 Å². The fraction of sp³-hybridized carbons (Fsp3) is 0.241. The number of aromatic hydroxyl groups is 1. The number of methoxy groups -OCH3 is 1. The van der Waals surface area contributed by atoms with Crippen LogP contribution < -0.4 is 14.9 Å². The van der Waals surface area contributed by atoms with Crippen molar-refractivity contribution in [3.05, 3.63) is 87.5 Å². The number of amides is 1. The number of phenolic OH excluding ortho intramolecular Hbond substituents is 1. The predicted molar refractivity (Wildman–Crippen MR) is 145 cm³/mol. The minimum absolute atomic E-state index is 0.115. The van der Waals surface area contributed by atoms with Crippen molar-refractivity contribution in [1.82, 2.24) is 9.80 Å². The van der Waals surface area contributed by atoms with Crippen molar-refractivity contribution in [2.24, 2.45) is 0 Å². The van der Waals surface area contributed by atoms with Crippen molar-refractivity contribution in [1.29, 1.82) is 0 Å². The van der Waals surface area contributed by atoms with Gasteiger partial charge in [0.2, 0.25) is 0 Å². The number of nitrogens with zero attached hydrogens (tertiary/aromatic N) is 2. The molecule has 8 nitrogen and oxygen atoms in total. The smallest absolute Gasteiger partial charge is 0.260 e. The minimum Gasteiger partial charge on any atom is -0.507 e. The van der Waals surface area contributed by atoms with Crippen molar-refractivity contribution >= 4 is 28.5 Å². The molecule has 196 valence electrons. The first-order valence-electron chi connectivity index (χ1n) is 12.2. The molecule has 0 spiro atoms. The van der Waals surface area contributed by atoms with Gasteiger partial charge in [-0.2, -0.15) is 0 Å². The molecule has 1 aliphatic heterocycles. The zero-order chi connectivity index (χ0) is 26.6. The van der Waals surface area contributed by atoms with E-state index in [1.54, 1.807) is 35.2 Å². The van der Waals surface area contributed by atoms with Crippen molar-refractivity contribution in [2.75, 3.05) is 39.9 Å². The Morgan fingerprint density at radius 3 is 2.50 bits per heavy atom. The number of carbonyl (C=O) groups excluding carboxylic acids is 1. The molecule has 0 atom stereocenters. The lowest BCUT2D eigenvalue weighted by Gasteiger charge is -2.34. The highest BCUT2D eigenvalue weighted by atomic mass is 35.5. The third-order valence-electron chi connectivity index (χ3n) is 6.58. The van der Waals surface area contributed by atoms with Crippen molar-refractivity contribution in [3.8, 4) is 28.6 Å². The molecule has 1 fully saturated rings. The Bertz CT molecular complexity index is 1510. The SMILES string of the molecule is COc1ccc(-c2cc(=O)c3c(O)cccc3o2)cc1OCC(=O)N1CCN(Cc2ccc(Cl)cc2)CC1. The average molecular weight is 535 g/mol. The minimum atomic E-state index is -0.358. The number of hydrogen-bond donors (Lipinski definition) is 1. The Hall–Kier alpha value is -4.01. The maximum Gasteiger partial charge on any atom is 0.260 e. The maximum absolute atomic E-state index is 12.9. The normalized spacial score (nSPS) is 14.0. The van der Waals surface area contributed by atoms with E-state index in [9.17, 15) is 14.7 Å². The number of phenols is 1. The number of piperazine rings is 1. The van der Waals surface area contributed by atoms with Gasteiger partial charge in [-0.15, -0.1) is 0 Å². The summed E-state index contributed by atoms with van der Waals surface area (Å²) in [7, 11) is 1.52. The van der Waals surface area contributed by atoms with E-state index in [1.807, 2.05) is 24.3 Å². The highest BCUT2D eigenvalue weighted by Crippen LogP contribution is 2.34. The van der Waals surface area contributed by atoms with Gasteiger partial charge in [0.05, 0.1) is 7.11 Å². The standard InChI is InChI=1S/C29H27ClN2O6/c1-36-24-10-7-20(26-16-23(34)29-22(33)3-2-4-25(29)38-26)15-27(24)37-18-28(35)32-13-11-31(12-14-32)17-19-5-8-21(30)9-6-19/h2-10,15-16,33H,11-14,17-18H2,1H3. The van der Waals surface area contributed by atoms with Crippen molar-refractivity contribution in [2.45, 2.75) is 6.54 Å². The van der Waals surface area contributed by atoms with E-state index in [0.29, 0.717) is 40.9 Å². The molecule has 38 heavy (non-hydrogen) atoms. The molecule has 0 unspecified atom stereocenters. The summed E-state index contributed by atoms with van der Waals surface area (Å²) in [4.78, 5) is 29.6. The lowest BCUT2D eigenvalue weighted by Crippen LogP contribution is -2.49. The summed E-state index contributed by atoms with van der Waals surface area (Å²) in [5.41, 5.74) is 1.68. The first-order chi connectivity index (χ1) is 18.4. The Morgan fingerprint density at radius 1 is 1.00 bits per heavy atom. The van der Waals surface area contributed by atoms with E-state index in [2.05, 4.69) is 4.90 Å². The maximum atomic E-state index is 12.9. The van der Waals surface area contributed by atoms with E-state index < -0.39 is 0 Å². The van der Waals surface area contributed by atoms with E-state index in [4.69, 9.17) is 25.5 Å². The van der Waals surface area contributed by atoms with E-state index in [0.717, 1.165) is 19.6 Å². The first kappa shape index (κ1) is 25.6. The van der Waals surface area contributed by atoms with Gasteiger partial charge in [0.25, 0.3) is 5.91 Å². The third-order valence-corrected chi connectivity index (χ3v) is 6.83.